The Kier molecular flexibility index (Phi) is 5.13. The van der Waals surface area contributed by atoms with Gasteiger partial charge in [-0.2, -0.15) is 0 Å². The maximum atomic E-state index is 11.8. The van der Waals surface area contributed by atoms with Crippen molar-refractivity contribution in [1.82, 2.24) is 19.9 Å². The van der Waals surface area contributed by atoms with Gasteiger partial charge in [0.15, 0.2) is 0 Å². The van der Waals surface area contributed by atoms with Crippen LogP contribution in [0.2, 0.25) is 0 Å². The molecule has 0 radical (unpaired) electrons. The number of urea groups is 1. The molecule has 1 unspecified atom stereocenters. The zero-order chi connectivity index (χ0) is 15.3. The third-order valence-electron chi connectivity index (χ3n) is 3.39. The molecule has 2 rings (SSSR count). The van der Waals surface area contributed by atoms with Crippen molar-refractivity contribution in [3.05, 3.63) is 30.1 Å². The van der Waals surface area contributed by atoms with Crippen LogP contribution in [0.5, 0.6) is 0 Å². The Bertz CT molecular complexity index is 576. The Hall–Kier alpha value is -1.67. The Morgan fingerprint density at radius 3 is 2.81 bits per heavy atom. The van der Waals surface area contributed by atoms with Gasteiger partial charge in [0.05, 0.1) is 6.26 Å². The number of nitrogens with zero attached hydrogens (tertiary/aromatic N) is 2. The average Bonchev–Trinajstić information content (AvgIpc) is 2.46. The van der Waals surface area contributed by atoms with Crippen LogP contribution >= 0.6 is 0 Å². The van der Waals surface area contributed by atoms with Crippen LogP contribution in [-0.4, -0.2) is 49.1 Å². The van der Waals surface area contributed by atoms with Gasteiger partial charge in [0.25, 0.3) is 0 Å². The van der Waals surface area contributed by atoms with E-state index in [0.29, 0.717) is 19.6 Å². The Labute approximate surface area is 124 Å². The summed E-state index contributed by atoms with van der Waals surface area (Å²) in [6, 6.07) is 3.22. The molecule has 2 N–H and O–H groups in total. The summed E-state index contributed by atoms with van der Waals surface area (Å²) in [7, 11) is -3.20. The summed E-state index contributed by atoms with van der Waals surface area (Å²) in [6.45, 7) is 1.27. The molecule has 1 saturated heterocycles. The van der Waals surface area contributed by atoms with Gasteiger partial charge in [-0.05, 0) is 30.5 Å². The molecule has 0 spiro atoms. The average molecular weight is 312 g/mol. The number of hydrogen-bond acceptors (Lipinski definition) is 4. The van der Waals surface area contributed by atoms with E-state index in [1.54, 1.807) is 12.4 Å². The van der Waals surface area contributed by atoms with Gasteiger partial charge >= 0.3 is 6.03 Å². The first-order chi connectivity index (χ1) is 9.95. The molecule has 1 fully saturated rings. The lowest BCUT2D eigenvalue weighted by Gasteiger charge is -2.31. The molecule has 1 aromatic rings. The molecular formula is C13H20N4O3S. The minimum absolute atomic E-state index is 0.147. The largest absolute Gasteiger partial charge is 0.334 e. The van der Waals surface area contributed by atoms with Crippen molar-refractivity contribution >= 4 is 16.1 Å². The maximum Gasteiger partial charge on any atom is 0.315 e. The zero-order valence-electron chi connectivity index (χ0n) is 11.9. The molecule has 2 heterocycles. The first kappa shape index (κ1) is 15.7. The third kappa shape index (κ3) is 4.98. The zero-order valence-corrected chi connectivity index (χ0v) is 12.8. The van der Waals surface area contributed by atoms with Gasteiger partial charge in [0, 0.05) is 38.1 Å². The topological polar surface area (TPSA) is 91.4 Å². The predicted molar refractivity (Wildman–Crippen MR) is 79.0 cm³/mol. The fourth-order valence-electron chi connectivity index (χ4n) is 2.28. The van der Waals surface area contributed by atoms with Gasteiger partial charge in [-0.15, -0.1) is 0 Å². The van der Waals surface area contributed by atoms with Crippen molar-refractivity contribution in [3.8, 4) is 0 Å². The lowest BCUT2D eigenvalue weighted by molar-refractivity contribution is 0.225. The summed E-state index contributed by atoms with van der Waals surface area (Å²) in [5.41, 5.74) is 0.960. The normalized spacial score (nSPS) is 20.0. The van der Waals surface area contributed by atoms with E-state index in [-0.39, 0.29) is 12.1 Å². The van der Waals surface area contributed by atoms with Crippen LogP contribution in [0.25, 0.3) is 0 Å². The Morgan fingerprint density at radius 1 is 1.43 bits per heavy atom. The molecule has 8 heteroatoms. The molecule has 1 aliphatic heterocycles. The van der Waals surface area contributed by atoms with Crippen LogP contribution in [0.15, 0.2) is 24.5 Å². The highest BCUT2D eigenvalue weighted by atomic mass is 32.2. The van der Waals surface area contributed by atoms with E-state index in [1.807, 2.05) is 12.1 Å². The third-order valence-corrected chi connectivity index (χ3v) is 4.66. The van der Waals surface area contributed by atoms with Crippen LogP contribution in [0.3, 0.4) is 0 Å². The van der Waals surface area contributed by atoms with Crippen molar-refractivity contribution in [2.75, 3.05) is 19.3 Å². The van der Waals surface area contributed by atoms with Crippen LogP contribution < -0.4 is 10.6 Å². The van der Waals surface area contributed by atoms with Gasteiger partial charge in [0.1, 0.15) is 0 Å². The number of amides is 2. The lowest BCUT2D eigenvalue weighted by atomic mass is 10.1. The molecule has 1 aromatic heterocycles. The molecule has 0 aliphatic carbocycles. The van der Waals surface area contributed by atoms with Gasteiger partial charge in [-0.3, -0.25) is 4.98 Å². The summed E-state index contributed by atoms with van der Waals surface area (Å²) in [5, 5.41) is 5.57. The molecule has 0 aromatic carbocycles. The standard InChI is InChI=1S/C13H20N4O3S/c1-21(19,20)17-8-2-3-12(10-17)16-13(18)15-9-11-4-6-14-7-5-11/h4-7,12H,2-3,8-10H2,1H3,(H2,15,16,18). The van der Waals surface area contributed by atoms with Gasteiger partial charge in [0.2, 0.25) is 10.0 Å². The molecule has 0 saturated carbocycles. The number of piperidine rings is 1. The van der Waals surface area contributed by atoms with Crippen LogP contribution in [0.4, 0.5) is 4.79 Å². The maximum absolute atomic E-state index is 11.8. The monoisotopic (exact) mass is 312 g/mol. The first-order valence-electron chi connectivity index (χ1n) is 6.83. The summed E-state index contributed by atoms with van der Waals surface area (Å²) < 4.78 is 24.4. The minimum atomic E-state index is -3.20. The van der Waals surface area contributed by atoms with Crippen LogP contribution in [-0.2, 0) is 16.6 Å². The van der Waals surface area contributed by atoms with Gasteiger partial charge in [-0.25, -0.2) is 17.5 Å². The fourth-order valence-corrected chi connectivity index (χ4v) is 3.19. The lowest BCUT2D eigenvalue weighted by Crippen LogP contribution is -2.51. The molecule has 21 heavy (non-hydrogen) atoms. The van der Waals surface area contributed by atoms with Crippen molar-refractivity contribution < 1.29 is 13.2 Å². The van der Waals surface area contributed by atoms with Crippen molar-refractivity contribution in [3.63, 3.8) is 0 Å². The van der Waals surface area contributed by atoms with Gasteiger partial charge < -0.3 is 10.6 Å². The first-order valence-corrected chi connectivity index (χ1v) is 8.68. The van der Waals surface area contributed by atoms with Gasteiger partial charge in [-0.1, -0.05) is 0 Å². The number of rotatable bonds is 4. The van der Waals surface area contributed by atoms with E-state index in [2.05, 4.69) is 15.6 Å². The molecule has 2 amide bonds. The number of pyridine rings is 1. The highest BCUT2D eigenvalue weighted by Crippen LogP contribution is 2.12. The number of hydrogen-bond donors (Lipinski definition) is 2. The smallest absolute Gasteiger partial charge is 0.315 e. The SMILES string of the molecule is CS(=O)(=O)N1CCCC(NC(=O)NCc2ccncc2)C1. The number of nitrogens with one attached hydrogen (secondary N) is 2. The van der Waals surface area contributed by atoms with Crippen LogP contribution in [0.1, 0.15) is 18.4 Å². The summed E-state index contributed by atoms with van der Waals surface area (Å²) >= 11 is 0. The van der Waals surface area contributed by atoms with E-state index >= 15 is 0 Å². The van der Waals surface area contributed by atoms with E-state index in [0.717, 1.165) is 18.4 Å². The second-order valence-electron chi connectivity index (χ2n) is 5.14. The highest BCUT2D eigenvalue weighted by molar-refractivity contribution is 7.88. The molecular weight excluding hydrogens is 292 g/mol. The quantitative estimate of drug-likeness (QED) is 0.837. The van der Waals surface area contributed by atoms with Crippen molar-refractivity contribution in [2.45, 2.75) is 25.4 Å². The summed E-state index contributed by atoms with van der Waals surface area (Å²) in [4.78, 5) is 15.7. The number of aromatic nitrogens is 1. The van der Waals surface area contributed by atoms with E-state index < -0.39 is 10.0 Å². The summed E-state index contributed by atoms with van der Waals surface area (Å²) in [5.74, 6) is 0. The molecule has 1 aliphatic rings. The van der Waals surface area contributed by atoms with Crippen molar-refractivity contribution in [1.29, 1.82) is 0 Å². The van der Waals surface area contributed by atoms with Crippen LogP contribution in [0, 0.1) is 0 Å². The van der Waals surface area contributed by atoms with E-state index in [1.165, 1.54) is 10.6 Å². The second-order valence-corrected chi connectivity index (χ2v) is 7.13. The minimum Gasteiger partial charge on any atom is -0.334 e. The highest BCUT2D eigenvalue weighted by Gasteiger charge is 2.26. The van der Waals surface area contributed by atoms with E-state index in [4.69, 9.17) is 0 Å². The number of carbonyl (C=O) groups excluding carboxylic acids is 1. The Balaban J connectivity index is 1.80. The number of carbonyl (C=O) groups is 1. The molecule has 116 valence electrons. The summed E-state index contributed by atoms with van der Waals surface area (Å²) in [6.07, 6.45) is 6.07. The number of sulfonamides is 1. The molecule has 7 nitrogen and oxygen atoms in total. The molecule has 1 atom stereocenters. The predicted octanol–water partition coefficient (Wildman–Crippen LogP) is 0.305. The fraction of sp³-hybridized carbons (Fsp3) is 0.538. The van der Waals surface area contributed by atoms with E-state index in [9.17, 15) is 13.2 Å². The second kappa shape index (κ2) is 6.86. The molecule has 0 bridgehead atoms. The van der Waals surface area contributed by atoms with Crippen molar-refractivity contribution in [2.24, 2.45) is 0 Å². The Morgan fingerprint density at radius 2 is 2.14 bits per heavy atom.